The van der Waals surface area contributed by atoms with Crippen molar-refractivity contribution in [2.45, 2.75) is 18.9 Å². The molecule has 0 radical (unpaired) electrons. The maximum atomic E-state index is 13.6. The Morgan fingerprint density at radius 3 is 2.48 bits per heavy atom. The highest BCUT2D eigenvalue weighted by molar-refractivity contribution is 7.88. The standard InChI is InChI=1S/C13H18FN3O5S/c1-22-13-8-11(12(17(18)19)7-10(13)14)15-9-3-5-16(6-4-9)23(2,20)21/h7-9,15H,3-6H2,1-2H3. The first kappa shape index (κ1) is 17.4. The van der Waals surface area contributed by atoms with Crippen LogP contribution < -0.4 is 10.1 Å². The van der Waals surface area contributed by atoms with Crippen LogP contribution in [0.2, 0.25) is 0 Å². The zero-order chi connectivity index (χ0) is 17.2. The minimum atomic E-state index is -3.23. The quantitative estimate of drug-likeness (QED) is 0.641. The fourth-order valence-electron chi connectivity index (χ4n) is 2.52. The minimum Gasteiger partial charge on any atom is -0.494 e. The summed E-state index contributed by atoms with van der Waals surface area (Å²) in [6.07, 6.45) is 2.16. The van der Waals surface area contributed by atoms with Crippen molar-refractivity contribution in [2.75, 3.05) is 31.8 Å². The number of ether oxygens (including phenoxy) is 1. The van der Waals surface area contributed by atoms with Gasteiger partial charge in [-0.1, -0.05) is 0 Å². The monoisotopic (exact) mass is 347 g/mol. The average Bonchev–Trinajstić information content (AvgIpc) is 2.48. The lowest BCUT2D eigenvalue weighted by Gasteiger charge is -2.31. The number of sulfonamides is 1. The van der Waals surface area contributed by atoms with E-state index in [2.05, 4.69) is 5.32 Å². The maximum absolute atomic E-state index is 13.6. The number of benzene rings is 1. The van der Waals surface area contributed by atoms with E-state index in [0.29, 0.717) is 25.9 Å². The van der Waals surface area contributed by atoms with Gasteiger partial charge in [0.25, 0.3) is 5.69 Å². The molecule has 0 unspecified atom stereocenters. The van der Waals surface area contributed by atoms with Gasteiger partial charge in [-0.3, -0.25) is 10.1 Å². The van der Waals surface area contributed by atoms with E-state index in [1.165, 1.54) is 17.5 Å². The van der Waals surface area contributed by atoms with Crippen LogP contribution in [-0.4, -0.2) is 50.1 Å². The van der Waals surface area contributed by atoms with E-state index >= 15 is 0 Å². The number of methoxy groups -OCH3 is 1. The molecular weight excluding hydrogens is 329 g/mol. The average molecular weight is 347 g/mol. The second kappa shape index (κ2) is 6.67. The second-order valence-corrected chi connectivity index (χ2v) is 7.32. The van der Waals surface area contributed by atoms with Crippen molar-refractivity contribution in [1.29, 1.82) is 0 Å². The molecule has 0 saturated carbocycles. The first-order valence-corrected chi connectivity index (χ1v) is 8.80. The molecule has 0 atom stereocenters. The molecular formula is C13H18FN3O5S. The molecule has 2 rings (SSSR count). The van der Waals surface area contributed by atoms with Crippen LogP contribution in [0.3, 0.4) is 0 Å². The molecule has 0 aliphatic carbocycles. The second-order valence-electron chi connectivity index (χ2n) is 5.34. The molecule has 128 valence electrons. The van der Waals surface area contributed by atoms with E-state index in [-0.39, 0.29) is 23.2 Å². The summed E-state index contributed by atoms with van der Waals surface area (Å²) in [7, 11) is -1.96. The number of piperidine rings is 1. The molecule has 1 aromatic rings. The van der Waals surface area contributed by atoms with Crippen LogP contribution >= 0.6 is 0 Å². The zero-order valence-corrected chi connectivity index (χ0v) is 13.6. The first-order chi connectivity index (χ1) is 10.7. The molecule has 0 spiro atoms. The lowest BCUT2D eigenvalue weighted by atomic mass is 10.1. The molecule has 1 N–H and O–H groups in total. The number of nitro groups is 1. The SMILES string of the molecule is COc1cc(NC2CCN(S(C)(=O)=O)CC2)c([N+](=O)[O-])cc1F. The van der Waals surface area contributed by atoms with Gasteiger partial charge in [0, 0.05) is 25.2 Å². The molecule has 23 heavy (non-hydrogen) atoms. The van der Waals surface area contributed by atoms with Gasteiger partial charge in [0.15, 0.2) is 11.6 Å². The Morgan fingerprint density at radius 1 is 1.39 bits per heavy atom. The zero-order valence-electron chi connectivity index (χ0n) is 12.8. The normalized spacial score (nSPS) is 17.0. The van der Waals surface area contributed by atoms with Crippen molar-refractivity contribution in [2.24, 2.45) is 0 Å². The fourth-order valence-corrected chi connectivity index (χ4v) is 3.39. The highest BCUT2D eigenvalue weighted by Crippen LogP contribution is 2.33. The number of nitro benzene ring substituents is 1. The van der Waals surface area contributed by atoms with Crippen molar-refractivity contribution >= 4 is 21.4 Å². The van der Waals surface area contributed by atoms with Gasteiger partial charge in [0.05, 0.1) is 24.4 Å². The number of hydrogen-bond acceptors (Lipinski definition) is 6. The number of halogens is 1. The fraction of sp³-hybridized carbons (Fsp3) is 0.538. The van der Waals surface area contributed by atoms with E-state index in [4.69, 9.17) is 4.74 Å². The van der Waals surface area contributed by atoms with Crippen molar-refractivity contribution in [3.8, 4) is 5.75 Å². The van der Waals surface area contributed by atoms with Gasteiger partial charge in [0.2, 0.25) is 10.0 Å². The number of nitrogens with zero attached hydrogens (tertiary/aromatic N) is 2. The largest absolute Gasteiger partial charge is 0.494 e. The summed E-state index contributed by atoms with van der Waals surface area (Å²) < 4.78 is 42.8. The van der Waals surface area contributed by atoms with Crippen LogP contribution in [0.5, 0.6) is 5.75 Å². The maximum Gasteiger partial charge on any atom is 0.295 e. The molecule has 1 saturated heterocycles. The van der Waals surface area contributed by atoms with Gasteiger partial charge in [0.1, 0.15) is 5.69 Å². The Hall–Kier alpha value is -1.94. The Morgan fingerprint density at radius 2 is 2.00 bits per heavy atom. The summed E-state index contributed by atoms with van der Waals surface area (Å²) in [5.41, 5.74) is -0.222. The van der Waals surface area contributed by atoms with Crippen LogP contribution in [0.4, 0.5) is 15.8 Å². The Labute approximate surface area is 133 Å². The highest BCUT2D eigenvalue weighted by atomic mass is 32.2. The molecule has 1 aliphatic heterocycles. The number of rotatable bonds is 5. The van der Waals surface area contributed by atoms with Crippen LogP contribution in [-0.2, 0) is 10.0 Å². The molecule has 8 nitrogen and oxygen atoms in total. The molecule has 1 aliphatic rings. The van der Waals surface area contributed by atoms with Crippen molar-refractivity contribution < 1.29 is 22.5 Å². The third-order valence-corrected chi connectivity index (χ3v) is 5.05. The van der Waals surface area contributed by atoms with Gasteiger partial charge in [-0.15, -0.1) is 0 Å². The topological polar surface area (TPSA) is 102 Å². The van der Waals surface area contributed by atoms with Crippen molar-refractivity contribution in [3.05, 3.63) is 28.1 Å². The summed E-state index contributed by atoms with van der Waals surface area (Å²) in [5, 5.41) is 14.1. The van der Waals surface area contributed by atoms with Gasteiger partial charge in [-0.2, -0.15) is 0 Å². The minimum absolute atomic E-state index is 0.0910. The predicted octanol–water partition coefficient (Wildman–Crippen LogP) is 1.58. The highest BCUT2D eigenvalue weighted by Gasteiger charge is 2.27. The van der Waals surface area contributed by atoms with Gasteiger partial charge >= 0.3 is 0 Å². The molecule has 0 bridgehead atoms. The molecule has 0 amide bonds. The van der Waals surface area contributed by atoms with Crippen molar-refractivity contribution in [3.63, 3.8) is 0 Å². The number of nitrogens with one attached hydrogen (secondary N) is 1. The Bertz CT molecular complexity index is 702. The predicted molar refractivity (Wildman–Crippen MR) is 82.7 cm³/mol. The van der Waals surface area contributed by atoms with Gasteiger partial charge in [-0.25, -0.2) is 17.1 Å². The summed E-state index contributed by atoms with van der Waals surface area (Å²) in [5.74, 6) is -0.900. The summed E-state index contributed by atoms with van der Waals surface area (Å²) in [4.78, 5) is 10.4. The molecule has 1 aromatic carbocycles. The van der Waals surface area contributed by atoms with Gasteiger partial charge in [-0.05, 0) is 12.8 Å². The van der Waals surface area contributed by atoms with E-state index in [0.717, 1.165) is 12.3 Å². The third kappa shape index (κ3) is 4.08. The smallest absolute Gasteiger partial charge is 0.295 e. The van der Waals surface area contributed by atoms with E-state index in [1.54, 1.807) is 0 Å². The summed E-state index contributed by atoms with van der Waals surface area (Å²) in [6, 6.07) is 1.92. The number of anilines is 1. The van der Waals surface area contributed by atoms with Crippen molar-refractivity contribution in [1.82, 2.24) is 4.31 Å². The summed E-state index contributed by atoms with van der Waals surface area (Å²) in [6.45, 7) is 0.672. The Kier molecular flexibility index (Phi) is 5.05. The van der Waals surface area contributed by atoms with Crippen LogP contribution in [0.15, 0.2) is 12.1 Å². The Balaban J connectivity index is 2.16. The van der Waals surface area contributed by atoms with E-state index in [9.17, 15) is 22.9 Å². The molecule has 1 fully saturated rings. The molecule has 0 aromatic heterocycles. The third-order valence-electron chi connectivity index (χ3n) is 3.75. The number of hydrogen-bond donors (Lipinski definition) is 1. The van der Waals surface area contributed by atoms with Gasteiger partial charge < -0.3 is 10.1 Å². The lowest BCUT2D eigenvalue weighted by Crippen LogP contribution is -2.41. The van der Waals surface area contributed by atoms with E-state index < -0.39 is 20.8 Å². The molecule has 1 heterocycles. The van der Waals surface area contributed by atoms with Crippen LogP contribution in [0, 0.1) is 15.9 Å². The summed E-state index contributed by atoms with van der Waals surface area (Å²) >= 11 is 0. The lowest BCUT2D eigenvalue weighted by molar-refractivity contribution is -0.384. The van der Waals surface area contributed by atoms with E-state index in [1.807, 2.05) is 0 Å². The van der Waals surface area contributed by atoms with Crippen LogP contribution in [0.25, 0.3) is 0 Å². The molecule has 10 heteroatoms. The first-order valence-electron chi connectivity index (χ1n) is 6.96. The van der Waals surface area contributed by atoms with Crippen LogP contribution in [0.1, 0.15) is 12.8 Å².